The maximum Gasteiger partial charge on any atom is 0.136 e. The number of hydrogen-bond donors (Lipinski definition) is 2. The Balaban J connectivity index is 1.63. The van der Waals surface area contributed by atoms with Crippen molar-refractivity contribution in [1.29, 1.82) is 0 Å². The Bertz CT molecular complexity index is 492. The molecule has 5 heteroatoms. The van der Waals surface area contributed by atoms with Crippen molar-refractivity contribution < 1.29 is 0 Å². The van der Waals surface area contributed by atoms with Gasteiger partial charge < -0.3 is 11.1 Å². The molecule has 2 fully saturated rings. The van der Waals surface area contributed by atoms with E-state index >= 15 is 0 Å². The third-order valence-corrected chi connectivity index (χ3v) is 4.72. The molecule has 2 aliphatic rings. The highest BCUT2D eigenvalue weighted by atomic mass is 15.2. The second-order valence-electron chi connectivity index (χ2n) is 6.54. The molecule has 1 aromatic heterocycles. The van der Waals surface area contributed by atoms with Gasteiger partial charge in [0.15, 0.2) is 0 Å². The number of nitrogens with two attached hydrogens (primary N) is 1. The van der Waals surface area contributed by atoms with Gasteiger partial charge in [0.05, 0.1) is 0 Å². The zero-order valence-corrected chi connectivity index (χ0v) is 13.2. The number of piperidine rings is 1. The Morgan fingerprint density at radius 1 is 1.24 bits per heavy atom. The first kappa shape index (κ1) is 14.6. The summed E-state index contributed by atoms with van der Waals surface area (Å²) in [7, 11) is 0. The topological polar surface area (TPSA) is 67.1 Å². The molecule has 0 spiro atoms. The molecular formula is C16H27N5. The molecule has 116 valence electrons. The first-order chi connectivity index (χ1) is 10.1. The van der Waals surface area contributed by atoms with Gasteiger partial charge in [0, 0.05) is 24.1 Å². The van der Waals surface area contributed by atoms with Gasteiger partial charge in [0.25, 0.3) is 0 Å². The summed E-state index contributed by atoms with van der Waals surface area (Å²) in [5, 5.41) is 3.50. The smallest absolute Gasteiger partial charge is 0.136 e. The van der Waals surface area contributed by atoms with E-state index in [0.717, 1.165) is 23.8 Å². The molecule has 1 unspecified atom stereocenters. The number of nitrogens with zero attached hydrogens (tertiary/aromatic N) is 3. The normalized spacial score (nSPS) is 21.2. The Morgan fingerprint density at radius 2 is 1.95 bits per heavy atom. The van der Waals surface area contributed by atoms with Crippen molar-refractivity contribution in [3.05, 3.63) is 11.4 Å². The molecule has 0 radical (unpaired) electrons. The van der Waals surface area contributed by atoms with Crippen LogP contribution in [0.3, 0.4) is 0 Å². The summed E-state index contributed by atoms with van der Waals surface area (Å²) in [6, 6.07) is 0.533. The fourth-order valence-corrected chi connectivity index (χ4v) is 2.98. The number of rotatable bonds is 5. The van der Waals surface area contributed by atoms with Crippen molar-refractivity contribution in [2.24, 2.45) is 0 Å². The van der Waals surface area contributed by atoms with E-state index in [0.29, 0.717) is 17.8 Å². The monoisotopic (exact) mass is 289 g/mol. The Morgan fingerprint density at radius 3 is 2.62 bits per heavy atom. The van der Waals surface area contributed by atoms with Crippen LogP contribution in [0.25, 0.3) is 0 Å². The second-order valence-corrected chi connectivity index (χ2v) is 6.54. The lowest BCUT2D eigenvalue weighted by Gasteiger charge is -2.32. The van der Waals surface area contributed by atoms with Crippen molar-refractivity contribution in [2.45, 2.75) is 57.9 Å². The van der Waals surface area contributed by atoms with Gasteiger partial charge in [-0.1, -0.05) is 6.42 Å². The van der Waals surface area contributed by atoms with Crippen LogP contribution in [0.4, 0.5) is 11.6 Å². The van der Waals surface area contributed by atoms with E-state index in [-0.39, 0.29) is 0 Å². The SMILES string of the molecule is Cc1c(N)nc(C2CC2)nc1NCC(C)N1CCCCC1. The fraction of sp³-hybridized carbons (Fsp3) is 0.750. The largest absolute Gasteiger partial charge is 0.383 e. The van der Waals surface area contributed by atoms with Crippen LogP contribution in [0, 0.1) is 6.92 Å². The Labute approximate surface area is 127 Å². The van der Waals surface area contributed by atoms with Gasteiger partial charge in [-0.15, -0.1) is 0 Å². The lowest BCUT2D eigenvalue weighted by molar-refractivity contribution is 0.180. The molecule has 1 aliphatic carbocycles. The van der Waals surface area contributed by atoms with Gasteiger partial charge in [-0.25, -0.2) is 9.97 Å². The molecule has 3 rings (SSSR count). The molecule has 1 saturated carbocycles. The number of nitrogen functional groups attached to an aromatic ring is 1. The predicted octanol–water partition coefficient (Wildman–Crippen LogP) is 2.53. The van der Waals surface area contributed by atoms with Crippen LogP contribution >= 0.6 is 0 Å². The van der Waals surface area contributed by atoms with Crippen LogP contribution in [0.2, 0.25) is 0 Å². The van der Waals surface area contributed by atoms with Crippen LogP contribution in [-0.4, -0.2) is 40.5 Å². The standard InChI is InChI=1S/C16H27N5/c1-11(21-8-4-3-5-9-21)10-18-15-12(2)14(17)19-16(20-15)13-6-7-13/h11,13H,3-10H2,1-2H3,(H3,17,18,19,20). The van der Waals surface area contributed by atoms with Gasteiger partial charge in [-0.2, -0.15) is 0 Å². The van der Waals surface area contributed by atoms with Gasteiger partial charge in [-0.05, 0) is 52.6 Å². The zero-order chi connectivity index (χ0) is 14.8. The number of anilines is 2. The van der Waals surface area contributed by atoms with Crippen molar-refractivity contribution in [2.75, 3.05) is 30.7 Å². The van der Waals surface area contributed by atoms with Crippen LogP contribution < -0.4 is 11.1 Å². The van der Waals surface area contributed by atoms with Crippen molar-refractivity contribution in [1.82, 2.24) is 14.9 Å². The van der Waals surface area contributed by atoms with E-state index in [4.69, 9.17) is 10.7 Å². The first-order valence-electron chi connectivity index (χ1n) is 8.27. The molecule has 1 atom stereocenters. The highest BCUT2D eigenvalue weighted by Gasteiger charge is 2.28. The van der Waals surface area contributed by atoms with Crippen molar-refractivity contribution >= 4 is 11.6 Å². The van der Waals surface area contributed by atoms with Gasteiger partial charge in [-0.3, -0.25) is 4.90 Å². The van der Waals surface area contributed by atoms with Gasteiger partial charge in [0.2, 0.25) is 0 Å². The van der Waals surface area contributed by atoms with Crippen molar-refractivity contribution in [3.8, 4) is 0 Å². The number of hydrogen-bond acceptors (Lipinski definition) is 5. The van der Waals surface area contributed by atoms with Crippen LogP contribution in [-0.2, 0) is 0 Å². The molecule has 1 aliphatic heterocycles. The molecule has 2 heterocycles. The third kappa shape index (κ3) is 3.46. The van der Waals surface area contributed by atoms with E-state index in [1.165, 1.54) is 45.2 Å². The first-order valence-corrected chi connectivity index (χ1v) is 8.27. The Hall–Kier alpha value is -1.36. The zero-order valence-electron chi connectivity index (χ0n) is 13.2. The highest BCUT2D eigenvalue weighted by Crippen LogP contribution is 2.39. The average Bonchev–Trinajstić information content (AvgIpc) is 3.34. The summed E-state index contributed by atoms with van der Waals surface area (Å²) in [5.74, 6) is 3.01. The fourth-order valence-electron chi connectivity index (χ4n) is 2.98. The highest BCUT2D eigenvalue weighted by molar-refractivity contribution is 5.55. The molecule has 0 amide bonds. The molecule has 21 heavy (non-hydrogen) atoms. The maximum atomic E-state index is 6.03. The lowest BCUT2D eigenvalue weighted by Crippen LogP contribution is -2.41. The molecule has 0 aromatic carbocycles. The van der Waals surface area contributed by atoms with Crippen LogP contribution in [0.5, 0.6) is 0 Å². The van der Waals surface area contributed by atoms with E-state index < -0.39 is 0 Å². The minimum absolute atomic E-state index is 0.533. The third-order valence-electron chi connectivity index (χ3n) is 4.72. The molecule has 1 saturated heterocycles. The Kier molecular flexibility index (Phi) is 4.29. The van der Waals surface area contributed by atoms with Crippen LogP contribution in [0.15, 0.2) is 0 Å². The quantitative estimate of drug-likeness (QED) is 0.872. The summed E-state index contributed by atoms with van der Waals surface area (Å²) in [4.78, 5) is 11.7. The summed E-state index contributed by atoms with van der Waals surface area (Å²) in [6.45, 7) is 7.66. The summed E-state index contributed by atoms with van der Waals surface area (Å²) in [6.07, 6.45) is 6.44. The van der Waals surface area contributed by atoms with Crippen LogP contribution in [0.1, 0.15) is 56.3 Å². The van der Waals surface area contributed by atoms with Gasteiger partial charge >= 0.3 is 0 Å². The van der Waals surface area contributed by atoms with Gasteiger partial charge in [0.1, 0.15) is 17.5 Å². The average molecular weight is 289 g/mol. The maximum absolute atomic E-state index is 6.03. The second kappa shape index (κ2) is 6.18. The summed E-state index contributed by atoms with van der Waals surface area (Å²) < 4.78 is 0. The molecular weight excluding hydrogens is 262 g/mol. The summed E-state index contributed by atoms with van der Waals surface area (Å²) in [5.41, 5.74) is 7.01. The number of likely N-dealkylation sites (tertiary alicyclic amines) is 1. The number of nitrogens with one attached hydrogen (secondary N) is 1. The van der Waals surface area contributed by atoms with Crippen molar-refractivity contribution in [3.63, 3.8) is 0 Å². The molecule has 0 bridgehead atoms. The lowest BCUT2D eigenvalue weighted by atomic mass is 10.1. The molecule has 3 N–H and O–H groups in total. The number of aromatic nitrogens is 2. The minimum Gasteiger partial charge on any atom is -0.383 e. The van der Waals surface area contributed by atoms with E-state index in [2.05, 4.69) is 22.1 Å². The molecule has 5 nitrogen and oxygen atoms in total. The van der Waals surface area contributed by atoms with E-state index in [1.807, 2.05) is 6.92 Å². The van der Waals surface area contributed by atoms with E-state index in [9.17, 15) is 0 Å². The summed E-state index contributed by atoms with van der Waals surface area (Å²) >= 11 is 0. The minimum atomic E-state index is 0.533. The molecule has 1 aromatic rings. The van der Waals surface area contributed by atoms with E-state index in [1.54, 1.807) is 0 Å². The predicted molar refractivity (Wildman–Crippen MR) is 86.5 cm³/mol.